The van der Waals surface area contributed by atoms with Gasteiger partial charge in [0, 0.05) is 37.6 Å². The number of carbonyl (C=O) groups excluding carboxylic acids is 4. The van der Waals surface area contributed by atoms with Crippen LogP contribution in [0.15, 0.2) is 78.9 Å². The monoisotopic (exact) mass is 567 g/mol. The van der Waals surface area contributed by atoms with Crippen LogP contribution in [0.2, 0.25) is 0 Å². The van der Waals surface area contributed by atoms with Gasteiger partial charge in [0.05, 0.1) is 13.1 Å². The number of nitrogens with one attached hydrogen (secondary N) is 2. The van der Waals surface area contributed by atoms with E-state index in [0.29, 0.717) is 50.4 Å². The van der Waals surface area contributed by atoms with E-state index in [1.54, 1.807) is 14.7 Å². The van der Waals surface area contributed by atoms with Crippen LogP contribution in [0.1, 0.15) is 23.1 Å². The van der Waals surface area contributed by atoms with Gasteiger partial charge in [0.25, 0.3) is 0 Å². The van der Waals surface area contributed by atoms with Gasteiger partial charge in [0.1, 0.15) is 12.2 Å². The maximum absolute atomic E-state index is 13.3. The first kappa shape index (κ1) is 27.5. The van der Waals surface area contributed by atoms with Crippen molar-refractivity contribution in [1.29, 1.82) is 0 Å². The molecule has 1 unspecified atom stereocenters. The van der Waals surface area contributed by atoms with E-state index in [1.165, 1.54) is 0 Å². The largest absolute Gasteiger partial charge is 0.361 e. The molecule has 3 aliphatic rings. The molecule has 3 heterocycles. The number of hydrogen-bond donors (Lipinski definition) is 2. The molecule has 216 valence electrons. The molecule has 10 heteroatoms. The quantitative estimate of drug-likeness (QED) is 0.471. The number of para-hydroxylation sites is 1. The number of hydrogen-bond acceptors (Lipinski definition) is 5. The summed E-state index contributed by atoms with van der Waals surface area (Å²) in [5.41, 5.74) is 3.58. The Labute approximate surface area is 244 Å². The molecular weight excluding hydrogens is 534 g/mol. The number of likely N-dealkylation sites (tertiary alicyclic amines) is 1. The van der Waals surface area contributed by atoms with Gasteiger partial charge in [0.2, 0.25) is 5.91 Å². The topological polar surface area (TPSA) is 111 Å². The second-order valence-electron chi connectivity index (χ2n) is 11.0. The Morgan fingerprint density at radius 2 is 1.55 bits per heavy atom. The Morgan fingerprint density at radius 1 is 0.810 bits per heavy atom. The minimum Gasteiger partial charge on any atom is -0.361 e. The lowest BCUT2D eigenvalue weighted by Crippen LogP contribution is -2.56. The third-order valence-corrected chi connectivity index (χ3v) is 8.17. The van der Waals surface area contributed by atoms with Gasteiger partial charge in [-0.3, -0.25) is 14.4 Å². The van der Waals surface area contributed by atoms with E-state index in [4.69, 9.17) is 4.74 Å². The predicted molar refractivity (Wildman–Crippen MR) is 156 cm³/mol. The summed E-state index contributed by atoms with van der Waals surface area (Å²) in [5, 5.41) is 5.73. The van der Waals surface area contributed by atoms with Gasteiger partial charge in [-0.15, -0.1) is 0 Å². The molecular formula is C32H33N5O5. The van der Waals surface area contributed by atoms with Crippen molar-refractivity contribution in [3.63, 3.8) is 0 Å². The molecule has 3 aromatic rings. The third kappa shape index (κ3) is 5.84. The van der Waals surface area contributed by atoms with Gasteiger partial charge in [-0.1, -0.05) is 60.7 Å². The third-order valence-electron chi connectivity index (χ3n) is 8.17. The smallest absolute Gasteiger partial charge is 0.323 e. The minimum absolute atomic E-state index is 0.0363. The van der Waals surface area contributed by atoms with Gasteiger partial charge in [-0.05, 0) is 47.7 Å². The SMILES string of the molecule is O=C(Nc1ccccc1)Nc1cccc2c1CCN(C(=O)C(=O)N1CCC3(CN(Cc4ccccc4)C(=O)CO3)C1)C2. The summed E-state index contributed by atoms with van der Waals surface area (Å²) in [6, 6.07) is 24.2. The molecule has 10 nitrogen and oxygen atoms in total. The van der Waals surface area contributed by atoms with E-state index in [-0.39, 0.29) is 31.6 Å². The highest BCUT2D eigenvalue weighted by Gasteiger charge is 2.47. The molecule has 1 atom stereocenters. The van der Waals surface area contributed by atoms with E-state index in [1.807, 2.05) is 78.9 Å². The maximum Gasteiger partial charge on any atom is 0.323 e. The zero-order valence-corrected chi connectivity index (χ0v) is 23.3. The summed E-state index contributed by atoms with van der Waals surface area (Å²) >= 11 is 0. The number of morpholine rings is 1. The first-order valence-corrected chi connectivity index (χ1v) is 14.2. The fourth-order valence-corrected chi connectivity index (χ4v) is 5.98. The molecule has 3 aromatic carbocycles. The molecule has 0 aromatic heterocycles. The number of anilines is 2. The number of urea groups is 1. The fourth-order valence-electron chi connectivity index (χ4n) is 5.98. The standard InChI is InChI=1S/C32H33N5O5/c38-28-20-42-32(22-37(28)18-23-8-3-1-4-9-23)15-17-36(21-32)30(40)29(39)35-16-14-26-24(19-35)10-7-13-27(26)34-31(41)33-25-11-5-2-6-12-25/h1-13H,14-22H2,(H2,33,34,41). The molecule has 2 saturated heterocycles. The first-order chi connectivity index (χ1) is 20.4. The molecule has 2 fully saturated rings. The van der Waals surface area contributed by atoms with Crippen molar-refractivity contribution in [3.8, 4) is 0 Å². The maximum atomic E-state index is 13.3. The van der Waals surface area contributed by atoms with E-state index in [0.717, 1.165) is 16.7 Å². The Hall–Kier alpha value is -4.70. The lowest BCUT2D eigenvalue weighted by atomic mass is 9.97. The first-order valence-electron chi connectivity index (χ1n) is 14.2. The average molecular weight is 568 g/mol. The van der Waals surface area contributed by atoms with Crippen molar-refractivity contribution in [2.75, 3.05) is 43.4 Å². The Morgan fingerprint density at radius 3 is 2.33 bits per heavy atom. The molecule has 2 N–H and O–H groups in total. The van der Waals surface area contributed by atoms with Crippen molar-refractivity contribution in [2.24, 2.45) is 0 Å². The molecule has 0 bridgehead atoms. The summed E-state index contributed by atoms with van der Waals surface area (Å²) in [5.74, 6) is -1.18. The van der Waals surface area contributed by atoms with Crippen LogP contribution < -0.4 is 10.6 Å². The normalized spacial score (nSPS) is 19.9. The van der Waals surface area contributed by atoms with E-state index >= 15 is 0 Å². The van der Waals surface area contributed by atoms with Crippen LogP contribution in [0.3, 0.4) is 0 Å². The van der Waals surface area contributed by atoms with Crippen molar-refractivity contribution in [2.45, 2.75) is 31.5 Å². The van der Waals surface area contributed by atoms with Gasteiger partial charge in [-0.2, -0.15) is 0 Å². The van der Waals surface area contributed by atoms with Crippen LogP contribution >= 0.6 is 0 Å². The van der Waals surface area contributed by atoms with Gasteiger partial charge in [-0.25, -0.2) is 4.79 Å². The fraction of sp³-hybridized carbons (Fsp3) is 0.312. The molecule has 3 aliphatic heterocycles. The van der Waals surface area contributed by atoms with Crippen LogP contribution in [-0.2, 0) is 38.6 Å². The van der Waals surface area contributed by atoms with Crippen LogP contribution in [0.4, 0.5) is 16.2 Å². The number of rotatable bonds is 4. The molecule has 0 saturated carbocycles. The van der Waals surface area contributed by atoms with Crippen molar-refractivity contribution < 1.29 is 23.9 Å². The van der Waals surface area contributed by atoms with Crippen molar-refractivity contribution in [1.82, 2.24) is 14.7 Å². The molecule has 6 rings (SSSR count). The summed E-state index contributed by atoms with van der Waals surface area (Å²) in [6.07, 6.45) is 1.08. The highest BCUT2D eigenvalue weighted by Crippen LogP contribution is 2.32. The highest BCUT2D eigenvalue weighted by atomic mass is 16.5. The van der Waals surface area contributed by atoms with E-state index in [2.05, 4.69) is 10.6 Å². The second kappa shape index (κ2) is 11.7. The van der Waals surface area contributed by atoms with Crippen LogP contribution in [0, 0.1) is 0 Å². The number of fused-ring (bicyclic) bond motifs is 1. The zero-order valence-electron chi connectivity index (χ0n) is 23.3. The average Bonchev–Trinajstić information content (AvgIpc) is 3.42. The summed E-state index contributed by atoms with van der Waals surface area (Å²) < 4.78 is 5.99. The molecule has 5 amide bonds. The number of carbonyl (C=O) groups is 4. The number of benzene rings is 3. The van der Waals surface area contributed by atoms with Crippen molar-refractivity contribution >= 4 is 35.1 Å². The summed E-state index contributed by atoms with van der Waals surface area (Å²) in [7, 11) is 0. The Kier molecular flexibility index (Phi) is 7.62. The van der Waals surface area contributed by atoms with Crippen LogP contribution in [0.5, 0.6) is 0 Å². The number of nitrogens with zero attached hydrogens (tertiary/aromatic N) is 3. The Balaban J connectivity index is 1.07. The lowest BCUT2D eigenvalue weighted by molar-refractivity contribution is -0.164. The highest BCUT2D eigenvalue weighted by molar-refractivity contribution is 6.35. The predicted octanol–water partition coefficient (Wildman–Crippen LogP) is 3.25. The lowest BCUT2D eigenvalue weighted by Gasteiger charge is -2.40. The molecule has 0 radical (unpaired) electrons. The summed E-state index contributed by atoms with van der Waals surface area (Å²) in [4.78, 5) is 56.7. The number of ether oxygens (including phenoxy) is 1. The minimum atomic E-state index is -0.673. The summed E-state index contributed by atoms with van der Waals surface area (Å²) in [6.45, 7) is 2.14. The van der Waals surface area contributed by atoms with Crippen molar-refractivity contribution in [3.05, 3.63) is 95.6 Å². The van der Waals surface area contributed by atoms with E-state index in [9.17, 15) is 19.2 Å². The second-order valence-corrected chi connectivity index (χ2v) is 11.0. The van der Waals surface area contributed by atoms with Gasteiger partial charge >= 0.3 is 17.8 Å². The van der Waals surface area contributed by atoms with Crippen LogP contribution in [0.25, 0.3) is 0 Å². The number of amides is 5. The molecule has 1 spiro atoms. The molecule has 42 heavy (non-hydrogen) atoms. The van der Waals surface area contributed by atoms with E-state index < -0.39 is 17.4 Å². The van der Waals surface area contributed by atoms with Gasteiger partial charge in [0.15, 0.2) is 0 Å². The van der Waals surface area contributed by atoms with Gasteiger partial charge < -0.3 is 30.1 Å². The van der Waals surface area contributed by atoms with Crippen LogP contribution in [-0.4, -0.2) is 76.8 Å². The molecule has 0 aliphatic carbocycles. The Bertz CT molecular complexity index is 1500. The zero-order chi connectivity index (χ0) is 29.1.